The van der Waals surface area contributed by atoms with Crippen LogP contribution in [-0.4, -0.2) is 36.1 Å². The van der Waals surface area contributed by atoms with Crippen LogP contribution in [0.4, 0.5) is 10.2 Å². The molecule has 0 aliphatic carbocycles. The van der Waals surface area contributed by atoms with Crippen molar-refractivity contribution in [1.29, 1.82) is 5.26 Å². The first-order chi connectivity index (χ1) is 14.6. The van der Waals surface area contributed by atoms with E-state index < -0.39 is 0 Å². The molecule has 152 valence electrons. The Morgan fingerprint density at radius 2 is 1.77 bits per heavy atom. The number of aromatic nitrogens is 2. The van der Waals surface area contributed by atoms with Crippen molar-refractivity contribution in [2.75, 3.05) is 31.1 Å². The Bertz CT molecular complexity index is 1050. The van der Waals surface area contributed by atoms with Crippen molar-refractivity contribution >= 4 is 17.6 Å². The average Bonchev–Trinajstić information content (AvgIpc) is 2.79. The van der Waals surface area contributed by atoms with Gasteiger partial charge < -0.3 is 10.2 Å². The number of hydrogen-bond donors (Lipinski definition) is 1. The number of halogens is 1. The number of benzene rings is 2. The van der Waals surface area contributed by atoms with E-state index in [-0.39, 0.29) is 5.82 Å². The van der Waals surface area contributed by atoms with Crippen LogP contribution in [0.3, 0.4) is 0 Å². The second-order valence-corrected chi connectivity index (χ2v) is 8.13. The lowest BCUT2D eigenvalue weighted by molar-refractivity contribution is 0.582. The fraction of sp³-hybridized carbons (Fsp3) is 0.261. The van der Waals surface area contributed by atoms with E-state index in [1.807, 2.05) is 0 Å². The van der Waals surface area contributed by atoms with Gasteiger partial charge in [0.2, 0.25) is 0 Å². The Morgan fingerprint density at radius 1 is 1.07 bits per heavy atom. The second-order valence-electron chi connectivity index (χ2n) is 7.18. The Morgan fingerprint density at radius 3 is 2.43 bits per heavy atom. The van der Waals surface area contributed by atoms with Crippen LogP contribution in [0, 0.1) is 24.1 Å². The van der Waals surface area contributed by atoms with Crippen molar-refractivity contribution in [3.05, 3.63) is 71.0 Å². The molecule has 0 atom stereocenters. The van der Waals surface area contributed by atoms with E-state index in [0.29, 0.717) is 27.8 Å². The van der Waals surface area contributed by atoms with Gasteiger partial charge in [-0.1, -0.05) is 41.6 Å². The van der Waals surface area contributed by atoms with Gasteiger partial charge in [-0.05, 0) is 36.8 Å². The summed E-state index contributed by atoms with van der Waals surface area (Å²) in [5.41, 5.74) is 4.10. The number of rotatable bonds is 5. The quantitative estimate of drug-likeness (QED) is 0.495. The SMILES string of the molecule is Cc1ccc(CSc2nc(-c3ccc(F)cc3)c(C#N)c(N3CCNCC3)n2)cc1. The van der Waals surface area contributed by atoms with Crippen LogP contribution in [0.2, 0.25) is 0 Å². The summed E-state index contributed by atoms with van der Waals surface area (Å²) >= 11 is 1.54. The minimum absolute atomic E-state index is 0.317. The van der Waals surface area contributed by atoms with E-state index in [1.165, 1.54) is 23.3 Å². The number of aryl methyl sites for hydroxylation is 1. The summed E-state index contributed by atoms with van der Waals surface area (Å²) in [4.78, 5) is 11.6. The third-order valence-corrected chi connectivity index (χ3v) is 5.92. The number of thioether (sulfide) groups is 1. The van der Waals surface area contributed by atoms with Crippen LogP contribution in [0.5, 0.6) is 0 Å². The van der Waals surface area contributed by atoms with Gasteiger partial charge in [0, 0.05) is 37.5 Å². The summed E-state index contributed by atoms with van der Waals surface area (Å²) in [5, 5.41) is 13.9. The van der Waals surface area contributed by atoms with Crippen molar-refractivity contribution in [2.24, 2.45) is 0 Å². The minimum atomic E-state index is -0.317. The zero-order valence-electron chi connectivity index (χ0n) is 16.7. The number of anilines is 1. The summed E-state index contributed by atoms with van der Waals surface area (Å²) in [7, 11) is 0. The van der Waals surface area contributed by atoms with Crippen molar-refractivity contribution in [3.63, 3.8) is 0 Å². The molecular formula is C23H22FN5S. The van der Waals surface area contributed by atoms with Crippen LogP contribution in [0.25, 0.3) is 11.3 Å². The van der Waals surface area contributed by atoms with Gasteiger partial charge in [0.25, 0.3) is 0 Å². The highest BCUT2D eigenvalue weighted by Crippen LogP contribution is 2.32. The van der Waals surface area contributed by atoms with Gasteiger partial charge in [-0.15, -0.1) is 0 Å². The highest BCUT2D eigenvalue weighted by Gasteiger charge is 2.22. The maximum Gasteiger partial charge on any atom is 0.190 e. The molecule has 5 nitrogen and oxygen atoms in total. The van der Waals surface area contributed by atoms with E-state index in [1.54, 1.807) is 23.9 Å². The lowest BCUT2D eigenvalue weighted by Gasteiger charge is -2.29. The van der Waals surface area contributed by atoms with Gasteiger partial charge in [0.1, 0.15) is 17.4 Å². The largest absolute Gasteiger partial charge is 0.353 e. The van der Waals surface area contributed by atoms with Crippen molar-refractivity contribution in [1.82, 2.24) is 15.3 Å². The minimum Gasteiger partial charge on any atom is -0.353 e. The summed E-state index contributed by atoms with van der Waals surface area (Å²) < 4.78 is 13.5. The van der Waals surface area contributed by atoms with E-state index in [0.717, 1.165) is 31.9 Å². The van der Waals surface area contributed by atoms with Crippen LogP contribution < -0.4 is 10.2 Å². The van der Waals surface area contributed by atoms with Gasteiger partial charge in [0.05, 0.1) is 5.69 Å². The van der Waals surface area contributed by atoms with E-state index in [4.69, 9.17) is 9.97 Å². The Labute approximate surface area is 180 Å². The molecule has 1 saturated heterocycles. The van der Waals surface area contributed by atoms with Crippen LogP contribution in [-0.2, 0) is 5.75 Å². The molecule has 2 aromatic carbocycles. The monoisotopic (exact) mass is 419 g/mol. The van der Waals surface area contributed by atoms with Crippen molar-refractivity contribution < 1.29 is 4.39 Å². The number of hydrogen-bond acceptors (Lipinski definition) is 6. The fourth-order valence-electron chi connectivity index (χ4n) is 3.35. The van der Waals surface area contributed by atoms with Crippen LogP contribution in [0.15, 0.2) is 53.7 Å². The number of nitriles is 1. The van der Waals surface area contributed by atoms with Gasteiger partial charge in [-0.3, -0.25) is 0 Å². The summed E-state index contributed by atoms with van der Waals surface area (Å²) in [6.07, 6.45) is 0. The molecule has 1 aliphatic heterocycles. The first kappa shape index (κ1) is 20.3. The molecule has 1 aromatic heterocycles. The molecule has 0 spiro atoms. The molecule has 0 bridgehead atoms. The number of nitrogens with one attached hydrogen (secondary N) is 1. The second kappa shape index (κ2) is 9.24. The van der Waals surface area contributed by atoms with Gasteiger partial charge in [-0.25, -0.2) is 14.4 Å². The first-order valence-corrected chi connectivity index (χ1v) is 10.8. The molecule has 4 rings (SSSR count). The molecule has 30 heavy (non-hydrogen) atoms. The van der Waals surface area contributed by atoms with Gasteiger partial charge in [-0.2, -0.15) is 5.26 Å². The van der Waals surface area contributed by atoms with Gasteiger partial charge in [0.15, 0.2) is 11.0 Å². The molecule has 1 N–H and O–H groups in total. The summed E-state index contributed by atoms with van der Waals surface area (Å²) in [5.74, 6) is 1.07. The maximum absolute atomic E-state index is 13.5. The lowest BCUT2D eigenvalue weighted by Crippen LogP contribution is -2.44. The molecule has 1 aliphatic rings. The zero-order chi connectivity index (χ0) is 20.9. The third-order valence-electron chi connectivity index (χ3n) is 5.00. The Kier molecular flexibility index (Phi) is 6.26. The number of nitrogens with zero attached hydrogens (tertiary/aromatic N) is 4. The Hall–Kier alpha value is -2.95. The average molecular weight is 420 g/mol. The molecular weight excluding hydrogens is 397 g/mol. The van der Waals surface area contributed by atoms with Crippen LogP contribution in [0.1, 0.15) is 16.7 Å². The topological polar surface area (TPSA) is 64.8 Å². The first-order valence-electron chi connectivity index (χ1n) is 9.86. The zero-order valence-corrected chi connectivity index (χ0v) is 17.5. The highest BCUT2D eigenvalue weighted by atomic mass is 32.2. The molecule has 0 amide bonds. The standard InChI is InChI=1S/C23H22FN5S/c1-16-2-4-17(5-3-16)15-30-23-27-21(18-6-8-19(24)9-7-18)20(14-25)22(28-23)29-12-10-26-11-13-29/h2-9,26H,10-13,15H2,1H3. The maximum atomic E-state index is 13.5. The van der Waals surface area contributed by atoms with Crippen molar-refractivity contribution in [3.8, 4) is 17.3 Å². The normalized spacial score (nSPS) is 13.8. The van der Waals surface area contributed by atoms with Crippen molar-refractivity contribution in [2.45, 2.75) is 17.8 Å². The molecule has 0 saturated carbocycles. The smallest absolute Gasteiger partial charge is 0.190 e. The number of piperazine rings is 1. The van der Waals surface area contributed by atoms with E-state index in [9.17, 15) is 9.65 Å². The third kappa shape index (κ3) is 4.61. The summed E-state index contributed by atoms with van der Waals surface area (Å²) in [6, 6.07) is 16.8. The predicted molar refractivity (Wildman–Crippen MR) is 118 cm³/mol. The fourth-order valence-corrected chi connectivity index (χ4v) is 4.15. The van der Waals surface area contributed by atoms with Gasteiger partial charge >= 0.3 is 0 Å². The highest BCUT2D eigenvalue weighted by molar-refractivity contribution is 7.98. The summed E-state index contributed by atoms with van der Waals surface area (Å²) in [6.45, 7) is 5.29. The molecule has 0 unspecified atom stereocenters. The van der Waals surface area contributed by atoms with E-state index in [2.05, 4.69) is 47.5 Å². The van der Waals surface area contributed by atoms with Crippen LogP contribution >= 0.6 is 11.8 Å². The molecule has 3 aromatic rings. The molecule has 7 heteroatoms. The molecule has 2 heterocycles. The lowest BCUT2D eigenvalue weighted by atomic mass is 10.1. The molecule has 0 radical (unpaired) electrons. The Balaban J connectivity index is 1.73. The molecule has 1 fully saturated rings. The predicted octanol–water partition coefficient (Wildman–Crippen LogP) is 4.16. The van der Waals surface area contributed by atoms with E-state index >= 15 is 0 Å².